The molecule has 6 heteroatoms. The van der Waals surface area contributed by atoms with Crippen LogP contribution in [0.3, 0.4) is 0 Å². The van der Waals surface area contributed by atoms with E-state index >= 15 is 0 Å². The molecular formula is C27H28N2O4. The number of aryl methyl sites for hydroxylation is 1. The molecule has 4 rings (SSSR count). The Kier molecular flexibility index (Phi) is 6.63. The molecule has 1 amide bonds. The molecule has 0 atom stereocenters. The van der Waals surface area contributed by atoms with Crippen LogP contribution in [0.4, 0.5) is 0 Å². The second kappa shape index (κ2) is 9.77. The number of amides is 1. The molecule has 0 spiro atoms. The van der Waals surface area contributed by atoms with Crippen molar-refractivity contribution in [3.63, 3.8) is 0 Å². The standard InChI is InChI=1S/C27H28N2O4/c1-5-17(2)7-6-13-29-27(30)26-18(3)32-25-16-20(9-11-22(25)26)33-24-12-14-28-23-15-19(31-4)8-10-21(23)24/h5,8-12,14-16H,6-7,13H2,1-4H3,(H,29,30)/b17-5+. The average Bonchev–Trinajstić information content (AvgIpc) is 3.16. The Labute approximate surface area is 193 Å². The van der Waals surface area contributed by atoms with E-state index in [4.69, 9.17) is 13.9 Å². The van der Waals surface area contributed by atoms with Crippen molar-refractivity contribution in [1.29, 1.82) is 0 Å². The molecule has 170 valence electrons. The first-order valence-electron chi connectivity index (χ1n) is 11.0. The first-order valence-corrected chi connectivity index (χ1v) is 11.0. The average molecular weight is 445 g/mol. The molecule has 33 heavy (non-hydrogen) atoms. The van der Waals surface area contributed by atoms with Crippen LogP contribution in [0.15, 0.2) is 64.7 Å². The summed E-state index contributed by atoms with van der Waals surface area (Å²) in [5.41, 5.74) is 3.29. The molecule has 0 saturated heterocycles. The highest BCUT2D eigenvalue weighted by molar-refractivity contribution is 6.07. The third-order valence-corrected chi connectivity index (χ3v) is 5.73. The van der Waals surface area contributed by atoms with Gasteiger partial charge in [-0.25, -0.2) is 0 Å². The summed E-state index contributed by atoms with van der Waals surface area (Å²) in [6.07, 6.45) is 5.67. The largest absolute Gasteiger partial charge is 0.497 e. The number of ether oxygens (including phenoxy) is 2. The molecule has 0 bridgehead atoms. The monoisotopic (exact) mass is 444 g/mol. The number of aromatic nitrogens is 1. The Morgan fingerprint density at radius 1 is 1.12 bits per heavy atom. The summed E-state index contributed by atoms with van der Waals surface area (Å²) in [5.74, 6) is 2.51. The number of furan rings is 1. The molecule has 0 saturated carbocycles. The van der Waals surface area contributed by atoms with Crippen LogP contribution in [0.5, 0.6) is 17.2 Å². The fourth-order valence-corrected chi connectivity index (χ4v) is 3.79. The third-order valence-electron chi connectivity index (χ3n) is 5.73. The van der Waals surface area contributed by atoms with E-state index in [1.807, 2.05) is 56.3 Å². The number of carbonyl (C=O) groups is 1. The second-order valence-electron chi connectivity index (χ2n) is 7.98. The van der Waals surface area contributed by atoms with Crippen LogP contribution in [-0.2, 0) is 0 Å². The van der Waals surface area contributed by atoms with Crippen molar-refractivity contribution >= 4 is 27.8 Å². The van der Waals surface area contributed by atoms with Crippen molar-refractivity contribution in [3.05, 3.63) is 71.6 Å². The Morgan fingerprint density at radius 2 is 1.91 bits per heavy atom. The van der Waals surface area contributed by atoms with Crippen LogP contribution in [0, 0.1) is 6.92 Å². The minimum absolute atomic E-state index is 0.118. The van der Waals surface area contributed by atoms with Crippen LogP contribution in [-0.4, -0.2) is 24.5 Å². The van der Waals surface area contributed by atoms with Crippen LogP contribution in [0.25, 0.3) is 21.9 Å². The van der Waals surface area contributed by atoms with Gasteiger partial charge in [-0.3, -0.25) is 9.78 Å². The summed E-state index contributed by atoms with van der Waals surface area (Å²) in [4.78, 5) is 17.2. The number of methoxy groups -OCH3 is 1. The number of nitrogens with one attached hydrogen (secondary N) is 1. The lowest BCUT2D eigenvalue weighted by atomic mass is 10.1. The van der Waals surface area contributed by atoms with Gasteiger partial charge in [0.15, 0.2) is 0 Å². The Balaban J connectivity index is 1.54. The smallest absolute Gasteiger partial charge is 0.255 e. The molecule has 2 aromatic heterocycles. The van der Waals surface area contributed by atoms with E-state index in [9.17, 15) is 4.79 Å². The summed E-state index contributed by atoms with van der Waals surface area (Å²) in [7, 11) is 1.63. The lowest BCUT2D eigenvalue weighted by Crippen LogP contribution is -2.24. The van der Waals surface area contributed by atoms with Gasteiger partial charge < -0.3 is 19.2 Å². The first kappa shape index (κ1) is 22.4. The molecule has 2 heterocycles. The fourth-order valence-electron chi connectivity index (χ4n) is 3.79. The van der Waals surface area contributed by atoms with Crippen molar-refractivity contribution < 1.29 is 18.7 Å². The molecule has 4 aromatic rings. The molecule has 0 aliphatic rings. The van der Waals surface area contributed by atoms with E-state index in [1.165, 1.54) is 5.57 Å². The Bertz CT molecular complexity index is 1340. The number of pyridine rings is 1. The molecule has 1 N–H and O–H groups in total. The minimum atomic E-state index is -0.118. The van der Waals surface area contributed by atoms with Gasteiger partial charge in [0.25, 0.3) is 5.91 Å². The molecule has 0 aliphatic heterocycles. The van der Waals surface area contributed by atoms with E-state index in [0.29, 0.717) is 35.0 Å². The van der Waals surface area contributed by atoms with Crippen LogP contribution in [0.1, 0.15) is 42.8 Å². The maximum absolute atomic E-state index is 12.8. The topological polar surface area (TPSA) is 73.6 Å². The van der Waals surface area contributed by atoms with Crippen LogP contribution < -0.4 is 14.8 Å². The quantitative estimate of drug-likeness (QED) is 0.246. The number of hydrogen-bond donors (Lipinski definition) is 1. The van der Waals surface area contributed by atoms with Gasteiger partial charge in [-0.05, 0) is 63.9 Å². The minimum Gasteiger partial charge on any atom is -0.497 e. The molecule has 2 aromatic carbocycles. The summed E-state index contributed by atoms with van der Waals surface area (Å²) < 4.78 is 17.3. The van der Waals surface area contributed by atoms with Crippen molar-refractivity contribution in [2.75, 3.05) is 13.7 Å². The predicted molar refractivity (Wildman–Crippen MR) is 130 cm³/mol. The highest BCUT2D eigenvalue weighted by atomic mass is 16.5. The van der Waals surface area contributed by atoms with Gasteiger partial charge in [-0.15, -0.1) is 0 Å². The highest BCUT2D eigenvalue weighted by Gasteiger charge is 2.18. The fraction of sp³-hybridized carbons (Fsp3) is 0.259. The Hall–Kier alpha value is -3.80. The van der Waals surface area contributed by atoms with E-state index in [-0.39, 0.29) is 5.91 Å². The van der Waals surface area contributed by atoms with E-state index in [0.717, 1.165) is 34.9 Å². The molecule has 0 radical (unpaired) electrons. The van der Waals surface area contributed by atoms with E-state index < -0.39 is 0 Å². The van der Waals surface area contributed by atoms with Crippen LogP contribution in [0.2, 0.25) is 0 Å². The first-order chi connectivity index (χ1) is 16.0. The van der Waals surface area contributed by atoms with E-state index in [1.54, 1.807) is 13.3 Å². The highest BCUT2D eigenvalue weighted by Crippen LogP contribution is 2.34. The van der Waals surface area contributed by atoms with Crippen LogP contribution >= 0.6 is 0 Å². The third kappa shape index (κ3) is 4.85. The maximum Gasteiger partial charge on any atom is 0.255 e. The second-order valence-corrected chi connectivity index (χ2v) is 7.98. The lowest BCUT2D eigenvalue weighted by molar-refractivity contribution is 0.0953. The summed E-state index contributed by atoms with van der Waals surface area (Å²) in [6.45, 7) is 6.56. The van der Waals surface area contributed by atoms with Gasteiger partial charge in [0.2, 0.25) is 0 Å². The van der Waals surface area contributed by atoms with Gasteiger partial charge in [-0.2, -0.15) is 0 Å². The zero-order valence-corrected chi connectivity index (χ0v) is 19.4. The molecule has 0 aliphatic carbocycles. The molecule has 0 fully saturated rings. The van der Waals surface area contributed by atoms with Gasteiger partial charge in [0.1, 0.15) is 28.6 Å². The lowest BCUT2D eigenvalue weighted by Gasteiger charge is -2.09. The number of allylic oxidation sites excluding steroid dienone is 2. The zero-order valence-electron chi connectivity index (χ0n) is 19.4. The summed E-state index contributed by atoms with van der Waals surface area (Å²) in [6, 6.07) is 13.0. The van der Waals surface area contributed by atoms with E-state index in [2.05, 4.69) is 23.3 Å². The summed E-state index contributed by atoms with van der Waals surface area (Å²) >= 11 is 0. The van der Waals surface area contributed by atoms with Crippen molar-refractivity contribution in [1.82, 2.24) is 10.3 Å². The maximum atomic E-state index is 12.8. The van der Waals surface area contributed by atoms with Gasteiger partial charge in [0.05, 0.1) is 18.2 Å². The predicted octanol–water partition coefficient (Wildman–Crippen LogP) is 6.57. The van der Waals surface area contributed by atoms with Crippen molar-refractivity contribution in [2.45, 2.75) is 33.6 Å². The summed E-state index contributed by atoms with van der Waals surface area (Å²) in [5, 5.41) is 4.65. The van der Waals surface area contributed by atoms with Gasteiger partial charge in [0, 0.05) is 35.6 Å². The molecular weight excluding hydrogens is 416 g/mol. The van der Waals surface area contributed by atoms with Gasteiger partial charge in [-0.1, -0.05) is 11.6 Å². The number of rotatable bonds is 8. The normalized spacial score (nSPS) is 11.7. The number of fused-ring (bicyclic) bond motifs is 2. The van der Waals surface area contributed by atoms with Crippen molar-refractivity contribution in [2.24, 2.45) is 0 Å². The van der Waals surface area contributed by atoms with Gasteiger partial charge >= 0.3 is 0 Å². The molecule has 6 nitrogen and oxygen atoms in total. The molecule has 0 unspecified atom stereocenters. The SMILES string of the molecule is C/C=C(\C)CCCNC(=O)c1c(C)oc2cc(Oc3ccnc4cc(OC)ccc34)ccc12. The van der Waals surface area contributed by atoms with Crippen molar-refractivity contribution in [3.8, 4) is 17.2 Å². The number of benzene rings is 2. The number of nitrogens with zero attached hydrogens (tertiary/aromatic N) is 1. The number of hydrogen-bond acceptors (Lipinski definition) is 5. The Morgan fingerprint density at radius 3 is 2.70 bits per heavy atom. The number of carbonyl (C=O) groups excluding carboxylic acids is 1. The zero-order chi connectivity index (χ0) is 23.4.